The van der Waals surface area contributed by atoms with Gasteiger partial charge in [-0.05, 0) is 27.2 Å². The Balaban J connectivity index is 2.56. The van der Waals surface area contributed by atoms with Crippen LogP contribution in [0.3, 0.4) is 0 Å². The molecule has 0 radical (unpaired) electrons. The summed E-state index contributed by atoms with van der Waals surface area (Å²) in [6, 6.07) is 0. The van der Waals surface area contributed by atoms with E-state index in [1.165, 1.54) is 4.31 Å². The van der Waals surface area contributed by atoms with Gasteiger partial charge in [-0.1, -0.05) is 6.92 Å². The van der Waals surface area contributed by atoms with Gasteiger partial charge in [0, 0.05) is 39.3 Å². The van der Waals surface area contributed by atoms with Crippen LogP contribution >= 0.6 is 0 Å². The Hall–Kier alpha value is -1.39. The van der Waals surface area contributed by atoms with Gasteiger partial charge in [0.25, 0.3) is 0 Å². The lowest BCUT2D eigenvalue weighted by Crippen LogP contribution is -2.54. The third kappa shape index (κ3) is 8.89. The molecule has 0 aliphatic carbocycles. The van der Waals surface area contributed by atoms with E-state index in [1.807, 2.05) is 32.6 Å². The van der Waals surface area contributed by atoms with E-state index in [0.29, 0.717) is 45.2 Å². The van der Waals surface area contributed by atoms with Gasteiger partial charge in [0.15, 0.2) is 5.96 Å². The summed E-state index contributed by atoms with van der Waals surface area (Å²) in [5.41, 5.74) is 0. The predicted octanol–water partition coefficient (Wildman–Crippen LogP) is -0.149. The number of nitrogens with one attached hydrogen (secondary N) is 2. The molecular formula is C17H35N5O4S. The summed E-state index contributed by atoms with van der Waals surface area (Å²) in [5, 5.41) is 5.97. The van der Waals surface area contributed by atoms with Crippen molar-refractivity contribution < 1.29 is 17.9 Å². The molecule has 0 unspecified atom stereocenters. The molecule has 1 heterocycles. The van der Waals surface area contributed by atoms with Crippen LogP contribution in [0.2, 0.25) is 0 Å². The number of carbonyl (C=O) groups is 1. The number of guanidine groups is 1. The van der Waals surface area contributed by atoms with Gasteiger partial charge in [-0.15, -0.1) is 0 Å². The number of carbonyl (C=O) groups excluding carboxylic acids is 1. The third-order valence-electron chi connectivity index (χ3n) is 4.00. The van der Waals surface area contributed by atoms with Gasteiger partial charge in [-0.2, -0.15) is 4.31 Å². The van der Waals surface area contributed by atoms with Gasteiger partial charge in [-0.3, -0.25) is 4.79 Å². The molecule has 0 spiro atoms. The second-order valence-corrected chi connectivity index (χ2v) is 8.73. The topological polar surface area (TPSA) is 103 Å². The van der Waals surface area contributed by atoms with Crippen LogP contribution in [0, 0.1) is 0 Å². The second-order valence-electron chi connectivity index (χ2n) is 6.64. The number of amides is 1. The molecule has 0 aromatic carbocycles. The van der Waals surface area contributed by atoms with E-state index < -0.39 is 10.0 Å². The van der Waals surface area contributed by atoms with Crippen molar-refractivity contribution in [1.29, 1.82) is 0 Å². The molecule has 1 saturated heterocycles. The molecule has 0 atom stereocenters. The normalized spacial score (nSPS) is 16.6. The van der Waals surface area contributed by atoms with E-state index >= 15 is 0 Å². The molecule has 1 fully saturated rings. The summed E-state index contributed by atoms with van der Waals surface area (Å²) in [4.78, 5) is 18.1. The first-order chi connectivity index (χ1) is 12.8. The Morgan fingerprint density at radius 2 is 1.81 bits per heavy atom. The summed E-state index contributed by atoms with van der Waals surface area (Å²) >= 11 is 0. The molecule has 1 aliphatic heterocycles. The lowest BCUT2D eigenvalue weighted by Gasteiger charge is -2.35. The Labute approximate surface area is 163 Å². The summed E-state index contributed by atoms with van der Waals surface area (Å²) in [7, 11) is -3.32. The standard InChI is InChI=1S/C17H35N5O4S/c1-5-7-19-16(23)14-20-17(18-6-2)21-8-10-22(11-9-21)27(24,25)13-12-26-15(3)4/h15H,5-14H2,1-4H3,(H,18,20)(H,19,23). The quantitative estimate of drug-likeness (QED) is 0.387. The second kappa shape index (κ2) is 12.1. The molecule has 0 bridgehead atoms. The largest absolute Gasteiger partial charge is 0.378 e. The van der Waals surface area contributed by atoms with Gasteiger partial charge in [-0.25, -0.2) is 13.4 Å². The Kier molecular flexibility index (Phi) is 10.6. The van der Waals surface area contributed by atoms with Crippen LogP contribution < -0.4 is 10.6 Å². The Bertz CT molecular complexity index is 572. The first kappa shape index (κ1) is 23.6. The smallest absolute Gasteiger partial charge is 0.241 e. The highest BCUT2D eigenvalue weighted by atomic mass is 32.2. The number of ether oxygens (including phenoxy) is 1. The fourth-order valence-electron chi connectivity index (χ4n) is 2.59. The third-order valence-corrected chi connectivity index (χ3v) is 5.84. The van der Waals surface area contributed by atoms with Crippen molar-refractivity contribution in [2.75, 3.05) is 58.2 Å². The molecule has 9 nitrogen and oxygen atoms in total. The number of sulfonamides is 1. The van der Waals surface area contributed by atoms with Gasteiger partial charge >= 0.3 is 0 Å². The minimum Gasteiger partial charge on any atom is -0.378 e. The van der Waals surface area contributed by atoms with Crippen LogP contribution in [-0.4, -0.2) is 93.8 Å². The molecule has 27 heavy (non-hydrogen) atoms. The van der Waals surface area contributed by atoms with Crippen molar-refractivity contribution in [3.63, 3.8) is 0 Å². The van der Waals surface area contributed by atoms with E-state index in [2.05, 4.69) is 15.6 Å². The van der Waals surface area contributed by atoms with Crippen LogP contribution in [0.15, 0.2) is 4.99 Å². The molecule has 0 aromatic heterocycles. The fraction of sp³-hybridized carbons (Fsp3) is 0.882. The Morgan fingerprint density at radius 3 is 2.37 bits per heavy atom. The number of hydrogen-bond donors (Lipinski definition) is 2. The van der Waals surface area contributed by atoms with Crippen LogP contribution in [0.5, 0.6) is 0 Å². The van der Waals surface area contributed by atoms with E-state index in [-0.39, 0.29) is 30.9 Å². The molecule has 1 rings (SSSR count). The van der Waals surface area contributed by atoms with Crippen LogP contribution in [-0.2, 0) is 19.6 Å². The zero-order valence-corrected chi connectivity index (χ0v) is 17.8. The van der Waals surface area contributed by atoms with Crippen LogP contribution in [0.4, 0.5) is 0 Å². The molecule has 1 amide bonds. The molecular weight excluding hydrogens is 370 g/mol. The maximum atomic E-state index is 12.4. The van der Waals surface area contributed by atoms with Crippen molar-refractivity contribution in [1.82, 2.24) is 19.8 Å². The number of aliphatic imine (C=N–C) groups is 1. The maximum absolute atomic E-state index is 12.4. The van der Waals surface area contributed by atoms with E-state index in [1.54, 1.807) is 0 Å². The molecule has 0 aromatic rings. The molecule has 2 N–H and O–H groups in total. The van der Waals surface area contributed by atoms with Gasteiger partial charge < -0.3 is 20.3 Å². The van der Waals surface area contributed by atoms with E-state index in [4.69, 9.17) is 4.74 Å². The zero-order chi connectivity index (χ0) is 20.3. The molecule has 10 heteroatoms. The van der Waals surface area contributed by atoms with Crippen LogP contribution in [0.1, 0.15) is 34.1 Å². The summed E-state index contributed by atoms with van der Waals surface area (Å²) < 4.78 is 31.7. The van der Waals surface area contributed by atoms with E-state index in [0.717, 1.165) is 6.42 Å². The van der Waals surface area contributed by atoms with Crippen LogP contribution in [0.25, 0.3) is 0 Å². The minimum absolute atomic E-state index is 0.00304. The monoisotopic (exact) mass is 405 g/mol. The highest BCUT2D eigenvalue weighted by molar-refractivity contribution is 7.89. The number of rotatable bonds is 10. The zero-order valence-electron chi connectivity index (χ0n) is 17.0. The average Bonchev–Trinajstić information content (AvgIpc) is 2.63. The van der Waals surface area contributed by atoms with Crippen molar-refractivity contribution >= 4 is 21.9 Å². The highest BCUT2D eigenvalue weighted by Crippen LogP contribution is 2.09. The summed E-state index contributed by atoms with van der Waals surface area (Å²) in [6.07, 6.45) is 0.902. The van der Waals surface area contributed by atoms with E-state index in [9.17, 15) is 13.2 Å². The lowest BCUT2D eigenvalue weighted by atomic mass is 10.4. The first-order valence-electron chi connectivity index (χ1n) is 9.69. The van der Waals surface area contributed by atoms with Gasteiger partial charge in [0.2, 0.25) is 15.9 Å². The Morgan fingerprint density at radius 1 is 1.15 bits per heavy atom. The summed E-state index contributed by atoms with van der Waals surface area (Å²) in [6.45, 7) is 11.2. The first-order valence-corrected chi connectivity index (χ1v) is 11.3. The molecule has 0 saturated carbocycles. The molecule has 158 valence electrons. The summed E-state index contributed by atoms with van der Waals surface area (Å²) in [5.74, 6) is 0.527. The number of hydrogen-bond acceptors (Lipinski definition) is 5. The maximum Gasteiger partial charge on any atom is 0.241 e. The number of piperazine rings is 1. The van der Waals surface area contributed by atoms with Crippen molar-refractivity contribution in [3.8, 4) is 0 Å². The van der Waals surface area contributed by atoms with Crippen molar-refractivity contribution in [2.45, 2.75) is 40.2 Å². The van der Waals surface area contributed by atoms with Crippen molar-refractivity contribution in [3.05, 3.63) is 0 Å². The average molecular weight is 406 g/mol. The highest BCUT2D eigenvalue weighted by Gasteiger charge is 2.28. The van der Waals surface area contributed by atoms with Crippen molar-refractivity contribution in [2.24, 2.45) is 4.99 Å². The minimum atomic E-state index is -3.32. The fourth-order valence-corrected chi connectivity index (χ4v) is 3.87. The molecule has 1 aliphatic rings. The SMILES string of the molecule is CCCNC(=O)CN=C(NCC)N1CCN(S(=O)(=O)CCOC(C)C)CC1. The number of nitrogens with zero attached hydrogens (tertiary/aromatic N) is 3. The predicted molar refractivity (Wildman–Crippen MR) is 107 cm³/mol. The lowest BCUT2D eigenvalue weighted by molar-refractivity contribution is -0.119. The van der Waals surface area contributed by atoms with Gasteiger partial charge in [0.05, 0.1) is 18.5 Å². The van der Waals surface area contributed by atoms with Gasteiger partial charge in [0.1, 0.15) is 6.54 Å².